The SMILES string of the molecule is CCN(CC)S(=O)(=O)CCS(=O)(=O)Cl. The molecule has 0 saturated carbocycles. The topological polar surface area (TPSA) is 71.5 Å². The lowest BCUT2D eigenvalue weighted by Crippen LogP contribution is -2.34. The molecule has 0 bridgehead atoms. The van der Waals surface area contributed by atoms with Crippen LogP contribution in [0.25, 0.3) is 0 Å². The van der Waals surface area contributed by atoms with E-state index >= 15 is 0 Å². The summed E-state index contributed by atoms with van der Waals surface area (Å²) in [5.74, 6) is -1.01. The van der Waals surface area contributed by atoms with Crippen LogP contribution in [0.3, 0.4) is 0 Å². The van der Waals surface area contributed by atoms with Crippen LogP contribution in [0.1, 0.15) is 13.8 Å². The lowest BCUT2D eigenvalue weighted by Gasteiger charge is -2.17. The normalized spacial score (nSPS) is 13.4. The fourth-order valence-electron chi connectivity index (χ4n) is 0.951. The van der Waals surface area contributed by atoms with Crippen LogP contribution >= 0.6 is 10.7 Å². The molecular weight excluding hydrogens is 250 g/mol. The van der Waals surface area contributed by atoms with Gasteiger partial charge in [-0.2, -0.15) is 0 Å². The first-order chi connectivity index (χ1) is 6.23. The van der Waals surface area contributed by atoms with Crippen molar-refractivity contribution in [3.8, 4) is 0 Å². The van der Waals surface area contributed by atoms with Gasteiger partial charge in [-0.15, -0.1) is 0 Å². The molecule has 0 spiro atoms. The highest BCUT2D eigenvalue weighted by molar-refractivity contribution is 8.14. The van der Waals surface area contributed by atoms with Crippen LogP contribution in [-0.4, -0.2) is 45.7 Å². The summed E-state index contributed by atoms with van der Waals surface area (Å²) >= 11 is 0. The second-order valence-corrected chi connectivity index (χ2v) is 7.63. The summed E-state index contributed by atoms with van der Waals surface area (Å²) in [7, 11) is -2.31. The molecule has 8 heteroatoms. The van der Waals surface area contributed by atoms with E-state index in [1.165, 1.54) is 4.31 Å². The third-order valence-electron chi connectivity index (χ3n) is 1.68. The van der Waals surface area contributed by atoms with E-state index < -0.39 is 30.6 Å². The standard InChI is InChI=1S/C6H14ClNO4S2/c1-3-8(4-2)14(11,12)6-5-13(7,9)10/h3-6H2,1-2H3. The molecule has 0 heterocycles. The van der Waals surface area contributed by atoms with Crippen molar-refractivity contribution in [1.29, 1.82) is 0 Å². The molecule has 14 heavy (non-hydrogen) atoms. The molecule has 0 N–H and O–H groups in total. The third kappa shape index (κ3) is 5.14. The zero-order chi connectivity index (χ0) is 11.4. The summed E-state index contributed by atoms with van der Waals surface area (Å²) in [4.78, 5) is 0. The van der Waals surface area contributed by atoms with E-state index in [0.717, 1.165) is 0 Å². The van der Waals surface area contributed by atoms with E-state index in [1.54, 1.807) is 13.8 Å². The van der Waals surface area contributed by atoms with E-state index in [1.807, 2.05) is 0 Å². The number of halogens is 1. The van der Waals surface area contributed by atoms with Crippen molar-refractivity contribution in [2.24, 2.45) is 0 Å². The van der Waals surface area contributed by atoms with Gasteiger partial charge in [0.05, 0.1) is 11.5 Å². The Morgan fingerprint density at radius 2 is 1.43 bits per heavy atom. The highest BCUT2D eigenvalue weighted by atomic mass is 35.7. The number of nitrogens with zero attached hydrogens (tertiary/aromatic N) is 1. The summed E-state index contributed by atoms with van der Waals surface area (Å²) in [5, 5.41) is 0. The molecule has 0 fully saturated rings. The summed E-state index contributed by atoms with van der Waals surface area (Å²) in [6, 6.07) is 0. The molecule has 0 unspecified atom stereocenters. The maximum atomic E-state index is 11.4. The molecule has 0 aromatic rings. The van der Waals surface area contributed by atoms with Crippen LogP contribution in [0.5, 0.6) is 0 Å². The van der Waals surface area contributed by atoms with Crippen molar-refractivity contribution < 1.29 is 16.8 Å². The van der Waals surface area contributed by atoms with E-state index in [9.17, 15) is 16.8 Å². The van der Waals surface area contributed by atoms with Gasteiger partial charge in [-0.1, -0.05) is 13.8 Å². The zero-order valence-corrected chi connectivity index (χ0v) is 10.5. The Balaban J connectivity index is 4.50. The van der Waals surface area contributed by atoms with E-state index in [-0.39, 0.29) is 0 Å². The first kappa shape index (κ1) is 14.2. The largest absolute Gasteiger partial charge is 0.233 e. The predicted octanol–water partition coefficient (Wildman–Crippen LogP) is 0.227. The van der Waals surface area contributed by atoms with Crippen molar-refractivity contribution in [2.75, 3.05) is 24.6 Å². The fourth-order valence-corrected chi connectivity index (χ4v) is 4.20. The molecule has 0 aliphatic heterocycles. The van der Waals surface area contributed by atoms with Gasteiger partial charge < -0.3 is 0 Å². The Morgan fingerprint density at radius 3 is 1.71 bits per heavy atom. The van der Waals surface area contributed by atoms with Crippen molar-refractivity contribution in [1.82, 2.24) is 4.31 Å². The molecule has 0 saturated heterocycles. The lowest BCUT2D eigenvalue weighted by atomic mass is 10.7. The minimum absolute atomic E-state index is 0.334. The Labute approximate surface area is 89.5 Å². The molecule has 0 rings (SSSR count). The summed E-state index contributed by atoms with van der Waals surface area (Å²) in [6.45, 7) is 4.05. The minimum atomic E-state index is -3.74. The molecule has 86 valence electrons. The zero-order valence-electron chi connectivity index (χ0n) is 8.10. The monoisotopic (exact) mass is 263 g/mol. The molecule has 5 nitrogen and oxygen atoms in total. The van der Waals surface area contributed by atoms with Crippen molar-refractivity contribution in [3.63, 3.8) is 0 Å². The van der Waals surface area contributed by atoms with E-state index in [0.29, 0.717) is 13.1 Å². The number of hydrogen-bond acceptors (Lipinski definition) is 4. The van der Waals surface area contributed by atoms with Gasteiger partial charge in [-0.25, -0.2) is 21.1 Å². The van der Waals surface area contributed by atoms with Crippen molar-refractivity contribution in [2.45, 2.75) is 13.8 Å². The van der Waals surface area contributed by atoms with Crippen LogP contribution in [0.2, 0.25) is 0 Å². The van der Waals surface area contributed by atoms with Gasteiger partial charge in [-0.05, 0) is 0 Å². The van der Waals surface area contributed by atoms with Crippen LogP contribution in [-0.2, 0) is 19.1 Å². The average Bonchev–Trinajstić information content (AvgIpc) is 2.02. The van der Waals surface area contributed by atoms with Gasteiger partial charge in [0, 0.05) is 23.8 Å². The Kier molecular flexibility index (Phi) is 5.35. The van der Waals surface area contributed by atoms with Crippen LogP contribution in [0, 0.1) is 0 Å². The molecule has 0 amide bonds. The van der Waals surface area contributed by atoms with Crippen LogP contribution in [0.15, 0.2) is 0 Å². The second-order valence-electron chi connectivity index (χ2n) is 2.64. The van der Waals surface area contributed by atoms with Gasteiger partial charge in [0.1, 0.15) is 0 Å². The number of hydrogen-bond donors (Lipinski definition) is 0. The maximum Gasteiger partial charge on any atom is 0.233 e. The van der Waals surface area contributed by atoms with Gasteiger partial charge >= 0.3 is 0 Å². The molecule has 0 atom stereocenters. The molecule has 0 radical (unpaired) electrons. The Hall–Kier alpha value is 0.150. The Bertz CT molecular complexity index is 357. The van der Waals surface area contributed by atoms with E-state index in [4.69, 9.17) is 10.7 Å². The van der Waals surface area contributed by atoms with Crippen molar-refractivity contribution in [3.05, 3.63) is 0 Å². The summed E-state index contributed by atoms with van der Waals surface area (Å²) in [6.07, 6.45) is 0. The summed E-state index contributed by atoms with van der Waals surface area (Å²) < 4.78 is 45.2. The predicted molar refractivity (Wildman–Crippen MR) is 56.3 cm³/mol. The summed E-state index contributed by atoms with van der Waals surface area (Å²) in [5.41, 5.74) is 0. The highest BCUT2D eigenvalue weighted by Gasteiger charge is 2.21. The van der Waals surface area contributed by atoms with Gasteiger partial charge in [0.25, 0.3) is 0 Å². The first-order valence-electron chi connectivity index (χ1n) is 4.13. The third-order valence-corrected chi connectivity index (χ3v) is 5.12. The number of rotatable bonds is 6. The van der Waals surface area contributed by atoms with Gasteiger partial charge in [0.15, 0.2) is 0 Å². The second kappa shape index (κ2) is 5.29. The lowest BCUT2D eigenvalue weighted by molar-refractivity contribution is 0.446. The van der Waals surface area contributed by atoms with Gasteiger partial charge in [-0.3, -0.25) is 0 Å². The van der Waals surface area contributed by atoms with Crippen molar-refractivity contribution >= 4 is 29.8 Å². The highest BCUT2D eigenvalue weighted by Crippen LogP contribution is 2.04. The Morgan fingerprint density at radius 1 is 1.00 bits per heavy atom. The molecular formula is C6H14ClNO4S2. The van der Waals surface area contributed by atoms with Gasteiger partial charge in [0.2, 0.25) is 19.1 Å². The quantitative estimate of drug-likeness (QED) is 0.643. The van der Waals surface area contributed by atoms with E-state index in [2.05, 4.69) is 0 Å². The molecule has 0 aliphatic rings. The first-order valence-corrected chi connectivity index (χ1v) is 8.22. The van der Waals surface area contributed by atoms with Crippen LogP contribution in [0.4, 0.5) is 0 Å². The average molecular weight is 264 g/mol. The number of sulfonamides is 1. The molecule has 0 aromatic heterocycles. The maximum absolute atomic E-state index is 11.4. The molecule has 0 aromatic carbocycles. The van der Waals surface area contributed by atoms with Crippen LogP contribution < -0.4 is 0 Å². The molecule has 0 aliphatic carbocycles. The fraction of sp³-hybridized carbons (Fsp3) is 1.00. The minimum Gasteiger partial charge on any atom is -0.212 e. The smallest absolute Gasteiger partial charge is 0.212 e.